The predicted molar refractivity (Wildman–Crippen MR) is 71.0 cm³/mol. The van der Waals surface area contributed by atoms with Gasteiger partial charge in [-0.1, -0.05) is 51.9 Å². The van der Waals surface area contributed by atoms with Gasteiger partial charge in [-0.15, -0.1) is 0 Å². The molecule has 1 aliphatic rings. The molecule has 0 aromatic rings. The Labute approximate surface area is 106 Å². The molecule has 0 aromatic heterocycles. The molecule has 1 rings (SSSR count). The maximum absolute atomic E-state index is 11.1. The molecule has 0 saturated carbocycles. The van der Waals surface area contributed by atoms with E-state index in [0.717, 1.165) is 12.8 Å². The molecule has 0 spiro atoms. The molecule has 0 radical (unpaired) electrons. The standard InChI is InChI=1S/C15H28O2/c1-3-4-5-6-7-8-9-10-12-15(2)13-11-14(16)17-15/h3-13H2,1-2H3. The monoisotopic (exact) mass is 240 g/mol. The normalized spacial score (nSPS) is 24.0. The van der Waals surface area contributed by atoms with E-state index < -0.39 is 0 Å². The zero-order valence-corrected chi connectivity index (χ0v) is 11.6. The van der Waals surface area contributed by atoms with Gasteiger partial charge in [0.2, 0.25) is 0 Å². The summed E-state index contributed by atoms with van der Waals surface area (Å²) in [5, 5.41) is 0. The van der Waals surface area contributed by atoms with E-state index in [2.05, 4.69) is 13.8 Å². The third-order valence-electron chi connectivity index (χ3n) is 3.78. The van der Waals surface area contributed by atoms with Crippen LogP contribution in [0.5, 0.6) is 0 Å². The van der Waals surface area contributed by atoms with Gasteiger partial charge in [0.1, 0.15) is 5.60 Å². The van der Waals surface area contributed by atoms with Gasteiger partial charge in [-0.05, 0) is 26.2 Å². The number of ether oxygens (including phenoxy) is 1. The summed E-state index contributed by atoms with van der Waals surface area (Å²) in [7, 11) is 0. The summed E-state index contributed by atoms with van der Waals surface area (Å²) in [6.45, 7) is 4.34. The SMILES string of the molecule is CCCCCCCCCCC1(C)CCC(=O)O1. The second-order valence-corrected chi connectivity index (χ2v) is 5.65. The summed E-state index contributed by atoms with van der Waals surface area (Å²) in [6.07, 6.45) is 13.3. The average molecular weight is 240 g/mol. The molecular weight excluding hydrogens is 212 g/mol. The number of carbonyl (C=O) groups is 1. The van der Waals surface area contributed by atoms with Gasteiger partial charge in [-0.25, -0.2) is 0 Å². The van der Waals surface area contributed by atoms with Crippen molar-refractivity contribution >= 4 is 5.97 Å². The number of rotatable bonds is 9. The van der Waals surface area contributed by atoms with E-state index in [9.17, 15) is 4.79 Å². The van der Waals surface area contributed by atoms with Crippen LogP contribution >= 0.6 is 0 Å². The van der Waals surface area contributed by atoms with Crippen molar-refractivity contribution in [2.45, 2.75) is 90.1 Å². The Balaban J connectivity index is 1.92. The van der Waals surface area contributed by atoms with Crippen LogP contribution in [0.25, 0.3) is 0 Å². The molecule has 0 aromatic carbocycles. The van der Waals surface area contributed by atoms with E-state index in [4.69, 9.17) is 4.74 Å². The van der Waals surface area contributed by atoms with Crippen molar-refractivity contribution in [3.05, 3.63) is 0 Å². The molecule has 1 aliphatic heterocycles. The molecule has 1 heterocycles. The van der Waals surface area contributed by atoms with Crippen LogP contribution in [0, 0.1) is 0 Å². The second-order valence-electron chi connectivity index (χ2n) is 5.65. The van der Waals surface area contributed by atoms with E-state index >= 15 is 0 Å². The van der Waals surface area contributed by atoms with E-state index in [-0.39, 0.29) is 11.6 Å². The molecule has 100 valence electrons. The highest BCUT2D eigenvalue weighted by atomic mass is 16.6. The lowest BCUT2D eigenvalue weighted by atomic mass is 9.94. The van der Waals surface area contributed by atoms with Gasteiger partial charge in [-0.2, -0.15) is 0 Å². The topological polar surface area (TPSA) is 26.3 Å². The van der Waals surface area contributed by atoms with Crippen molar-refractivity contribution in [3.63, 3.8) is 0 Å². The van der Waals surface area contributed by atoms with Crippen LogP contribution in [0.3, 0.4) is 0 Å². The van der Waals surface area contributed by atoms with Gasteiger partial charge in [0, 0.05) is 6.42 Å². The van der Waals surface area contributed by atoms with Crippen LogP contribution in [0.2, 0.25) is 0 Å². The van der Waals surface area contributed by atoms with E-state index in [1.165, 1.54) is 51.4 Å². The van der Waals surface area contributed by atoms with Gasteiger partial charge in [0.25, 0.3) is 0 Å². The zero-order valence-electron chi connectivity index (χ0n) is 11.6. The highest BCUT2D eigenvalue weighted by molar-refractivity contribution is 5.72. The smallest absolute Gasteiger partial charge is 0.306 e. The van der Waals surface area contributed by atoms with Gasteiger partial charge in [0.05, 0.1) is 0 Å². The van der Waals surface area contributed by atoms with Crippen molar-refractivity contribution in [3.8, 4) is 0 Å². The summed E-state index contributed by atoms with van der Waals surface area (Å²) in [5.74, 6) is -0.00735. The van der Waals surface area contributed by atoms with Crippen molar-refractivity contribution in [2.24, 2.45) is 0 Å². The average Bonchev–Trinajstić information content (AvgIpc) is 2.63. The Morgan fingerprint density at radius 1 is 1.06 bits per heavy atom. The minimum absolute atomic E-state index is 0.00735. The van der Waals surface area contributed by atoms with Crippen LogP contribution in [-0.2, 0) is 9.53 Å². The second kappa shape index (κ2) is 7.73. The van der Waals surface area contributed by atoms with Crippen molar-refractivity contribution in [2.75, 3.05) is 0 Å². The summed E-state index contributed by atoms with van der Waals surface area (Å²) >= 11 is 0. The van der Waals surface area contributed by atoms with Crippen molar-refractivity contribution in [1.82, 2.24) is 0 Å². The molecule has 2 nitrogen and oxygen atoms in total. The van der Waals surface area contributed by atoms with Gasteiger partial charge in [-0.3, -0.25) is 4.79 Å². The molecule has 17 heavy (non-hydrogen) atoms. The van der Waals surface area contributed by atoms with Gasteiger partial charge >= 0.3 is 5.97 Å². The number of unbranched alkanes of at least 4 members (excludes halogenated alkanes) is 7. The fraction of sp³-hybridized carbons (Fsp3) is 0.933. The first-order chi connectivity index (χ1) is 8.16. The lowest BCUT2D eigenvalue weighted by Crippen LogP contribution is -2.23. The highest BCUT2D eigenvalue weighted by Crippen LogP contribution is 2.31. The van der Waals surface area contributed by atoms with E-state index in [1.807, 2.05) is 0 Å². The molecule has 1 unspecified atom stereocenters. The number of carbonyl (C=O) groups excluding carboxylic acids is 1. The molecule has 0 N–H and O–H groups in total. The maximum atomic E-state index is 11.1. The first kappa shape index (κ1) is 14.5. The van der Waals surface area contributed by atoms with Crippen molar-refractivity contribution in [1.29, 1.82) is 0 Å². The highest BCUT2D eigenvalue weighted by Gasteiger charge is 2.34. The number of hydrogen-bond acceptors (Lipinski definition) is 2. The fourth-order valence-electron chi connectivity index (χ4n) is 2.55. The van der Waals surface area contributed by atoms with Gasteiger partial charge in [0.15, 0.2) is 0 Å². The Hall–Kier alpha value is -0.530. The third kappa shape index (κ3) is 6.09. The Morgan fingerprint density at radius 3 is 2.18 bits per heavy atom. The molecule has 0 amide bonds. The van der Waals surface area contributed by atoms with Gasteiger partial charge < -0.3 is 4.74 Å². The summed E-state index contributed by atoms with van der Waals surface area (Å²) in [4.78, 5) is 11.1. The summed E-state index contributed by atoms with van der Waals surface area (Å²) in [5.41, 5.74) is -0.140. The summed E-state index contributed by atoms with van der Waals surface area (Å²) in [6, 6.07) is 0. The molecule has 0 aliphatic carbocycles. The first-order valence-corrected chi connectivity index (χ1v) is 7.38. The molecule has 0 bridgehead atoms. The lowest BCUT2D eigenvalue weighted by molar-refractivity contribution is -0.147. The molecule has 1 saturated heterocycles. The quantitative estimate of drug-likeness (QED) is 0.434. The Bertz CT molecular complexity index is 225. The summed E-state index contributed by atoms with van der Waals surface area (Å²) < 4.78 is 5.37. The molecule has 1 atom stereocenters. The minimum Gasteiger partial charge on any atom is -0.459 e. The maximum Gasteiger partial charge on any atom is 0.306 e. The van der Waals surface area contributed by atoms with E-state index in [0.29, 0.717) is 6.42 Å². The number of cyclic esters (lactones) is 1. The van der Waals surface area contributed by atoms with Crippen LogP contribution < -0.4 is 0 Å². The van der Waals surface area contributed by atoms with Crippen LogP contribution in [0.15, 0.2) is 0 Å². The number of esters is 1. The van der Waals surface area contributed by atoms with Crippen LogP contribution in [0.1, 0.15) is 84.5 Å². The Kier molecular flexibility index (Phi) is 6.61. The molecular formula is C15H28O2. The minimum atomic E-state index is -0.140. The van der Waals surface area contributed by atoms with Crippen molar-refractivity contribution < 1.29 is 9.53 Å². The fourth-order valence-corrected chi connectivity index (χ4v) is 2.55. The largest absolute Gasteiger partial charge is 0.459 e. The lowest BCUT2D eigenvalue weighted by Gasteiger charge is -2.22. The van der Waals surface area contributed by atoms with Crippen LogP contribution in [-0.4, -0.2) is 11.6 Å². The van der Waals surface area contributed by atoms with Crippen LogP contribution in [0.4, 0.5) is 0 Å². The Morgan fingerprint density at radius 2 is 1.65 bits per heavy atom. The molecule has 2 heteroatoms. The third-order valence-corrected chi connectivity index (χ3v) is 3.78. The number of hydrogen-bond donors (Lipinski definition) is 0. The predicted octanol–water partition coefficient (Wildman–Crippen LogP) is 4.61. The zero-order chi connectivity index (χ0) is 12.6. The van der Waals surface area contributed by atoms with E-state index in [1.54, 1.807) is 0 Å². The first-order valence-electron chi connectivity index (χ1n) is 7.38. The molecule has 1 fully saturated rings.